The van der Waals surface area contributed by atoms with Gasteiger partial charge >= 0.3 is 0 Å². The highest BCUT2D eigenvalue weighted by Crippen LogP contribution is 2.45. The molecule has 1 saturated carbocycles. The van der Waals surface area contributed by atoms with Gasteiger partial charge in [0, 0.05) is 38.9 Å². The number of hydrogen-bond donors (Lipinski definition) is 1. The number of carbonyl (C=O) groups is 1. The van der Waals surface area contributed by atoms with Gasteiger partial charge in [-0.05, 0) is 42.9 Å². The van der Waals surface area contributed by atoms with Crippen molar-refractivity contribution in [1.29, 1.82) is 0 Å². The Bertz CT molecular complexity index is 1100. The van der Waals surface area contributed by atoms with Crippen LogP contribution in [-0.4, -0.2) is 31.6 Å². The number of rotatable bonds is 6. The van der Waals surface area contributed by atoms with Gasteiger partial charge in [0.15, 0.2) is 5.82 Å². The first-order valence-electron chi connectivity index (χ1n) is 10.3. The van der Waals surface area contributed by atoms with Gasteiger partial charge in [0.25, 0.3) is 18.3 Å². The first-order valence-corrected chi connectivity index (χ1v) is 10.3. The molecule has 2 aliphatic carbocycles. The van der Waals surface area contributed by atoms with E-state index in [1.807, 2.05) is 13.0 Å². The molecule has 172 valence electrons. The number of aromatic nitrogens is 4. The van der Waals surface area contributed by atoms with Gasteiger partial charge in [-0.3, -0.25) is 9.48 Å². The Kier molecular flexibility index (Phi) is 5.42. The summed E-state index contributed by atoms with van der Waals surface area (Å²) in [6, 6.07) is 1.07. The number of amides is 1. The van der Waals surface area contributed by atoms with E-state index in [1.54, 1.807) is 12.4 Å². The van der Waals surface area contributed by atoms with Crippen LogP contribution in [0.25, 0.3) is 5.57 Å². The highest BCUT2D eigenvalue weighted by atomic mass is 19.3. The molecule has 1 fully saturated rings. The van der Waals surface area contributed by atoms with Crippen LogP contribution in [0.15, 0.2) is 36.2 Å². The molecule has 0 radical (unpaired) electrons. The molecular weight excluding hydrogens is 426 g/mol. The summed E-state index contributed by atoms with van der Waals surface area (Å²) in [4.78, 5) is 21.4. The van der Waals surface area contributed by atoms with Crippen LogP contribution in [0.2, 0.25) is 0 Å². The zero-order valence-corrected chi connectivity index (χ0v) is 17.9. The summed E-state index contributed by atoms with van der Waals surface area (Å²) in [7, 11) is 1.43. The number of halogens is 4. The summed E-state index contributed by atoms with van der Waals surface area (Å²) in [5.41, 5.74) is 0.131. The van der Waals surface area contributed by atoms with Crippen LogP contribution in [0.4, 0.5) is 17.6 Å². The van der Waals surface area contributed by atoms with Crippen LogP contribution >= 0.6 is 0 Å². The largest absolute Gasteiger partial charge is 0.341 e. The fraction of sp³-hybridized carbons (Fsp3) is 0.455. The van der Waals surface area contributed by atoms with Crippen LogP contribution in [0, 0.1) is 5.92 Å². The molecule has 6 nitrogen and oxygen atoms in total. The van der Waals surface area contributed by atoms with Crippen LogP contribution in [-0.2, 0) is 12.6 Å². The molecule has 1 N–H and O–H groups in total. The van der Waals surface area contributed by atoms with Crippen molar-refractivity contribution in [3.63, 3.8) is 0 Å². The summed E-state index contributed by atoms with van der Waals surface area (Å²) in [5, 5.41) is 6.54. The molecule has 2 aromatic heterocycles. The van der Waals surface area contributed by atoms with Crippen LogP contribution in [0.1, 0.15) is 68.5 Å². The lowest BCUT2D eigenvalue weighted by Gasteiger charge is -2.23. The SMILES string of the molecule is CC1C=C(c2ncc(C3(NC(=O)c4cc(C(F)F)nn4C)CC3)cn2)C=C(C(C)(F)F)C1.[HH]. The van der Waals surface area contributed by atoms with Crippen molar-refractivity contribution in [3.8, 4) is 0 Å². The van der Waals surface area contributed by atoms with Crippen molar-refractivity contribution in [2.24, 2.45) is 13.0 Å². The van der Waals surface area contributed by atoms with Crippen LogP contribution < -0.4 is 5.32 Å². The van der Waals surface area contributed by atoms with Gasteiger partial charge < -0.3 is 5.32 Å². The predicted molar refractivity (Wildman–Crippen MR) is 111 cm³/mol. The van der Waals surface area contributed by atoms with E-state index in [2.05, 4.69) is 20.4 Å². The third-order valence-electron chi connectivity index (χ3n) is 5.82. The van der Waals surface area contributed by atoms with E-state index < -0.39 is 29.5 Å². The topological polar surface area (TPSA) is 72.7 Å². The lowest BCUT2D eigenvalue weighted by atomic mass is 9.88. The number of alkyl halides is 4. The second kappa shape index (κ2) is 7.83. The highest BCUT2D eigenvalue weighted by molar-refractivity contribution is 5.93. The van der Waals surface area contributed by atoms with Crippen molar-refractivity contribution in [2.75, 3.05) is 0 Å². The highest BCUT2D eigenvalue weighted by Gasteiger charge is 2.47. The van der Waals surface area contributed by atoms with Gasteiger partial charge in [-0.25, -0.2) is 27.5 Å². The second-order valence-electron chi connectivity index (χ2n) is 8.57. The predicted octanol–water partition coefficient (Wildman–Crippen LogP) is 4.82. The Balaban J connectivity index is 0.00000306. The Morgan fingerprint density at radius 1 is 1.31 bits per heavy atom. The van der Waals surface area contributed by atoms with Crippen molar-refractivity contribution >= 4 is 11.5 Å². The summed E-state index contributed by atoms with van der Waals surface area (Å²) >= 11 is 0. The summed E-state index contributed by atoms with van der Waals surface area (Å²) in [5.74, 6) is -3.16. The van der Waals surface area contributed by atoms with Gasteiger partial charge in [0.05, 0.1) is 5.54 Å². The number of allylic oxidation sites excluding steroid dienone is 4. The van der Waals surface area contributed by atoms with Crippen LogP contribution in [0.3, 0.4) is 0 Å². The maximum atomic E-state index is 13.8. The molecule has 0 aromatic carbocycles. The molecule has 4 rings (SSSR count). The summed E-state index contributed by atoms with van der Waals surface area (Å²) < 4.78 is 54.5. The van der Waals surface area contributed by atoms with Crippen molar-refractivity contribution in [1.82, 2.24) is 25.1 Å². The number of hydrogen-bond acceptors (Lipinski definition) is 4. The maximum absolute atomic E-state index is 13.8. The van der Waals surface area contributed by atoms with Gasteiger partial charge in [0.2, 0.25) is 0 Å². The Morgan fingerprint density at radius 3 is 2.50 bits per heavy atom. The van der Waals surface area contributed by atoms with E-state index >= 15 is 0 Å². The first-order chi connectivity index (χ1) is 15.0. The van der Waals surface area contributed by atoms with Gasteiger partial charge in [-0.15, -0.1) is 0 Å². The van der Waals surface area contributed by atoms with E-state index in [9.17, 15) is 22.4 Å². The number of aryl methyl sites for hydroxylation is 1. The molecular formula is C22H25F4N5O. The Morgan fingerprint density at radius 2 is 1.97 bits per heavy atom. The fourth-order valence-corrected chi connectivity index (χ4v) is 3.88. The summed E-state index contributed by atoms with van der Waals surface area (Å²) in [6.45, 7) is 2.74. The minimum atomic E-state index is -2.91. The minimum Gasteiger partial charge on any atom is -0.341 e. The molecule has 2 aromatic rings. The molecule has 0 spiro atoms. The van der Waals surface area contributed by atoms with Gasteiger partial charge in [-0.2, -0.15) is 5.10 Å². The van der Waals surface area contributed by atoms with E-state index in [4.69, 9.17) is 0 Å². The summed E-state index contributed by atoms with van der Waals surface area (Å²) in [6.07, 6.45) is 5.25. The lowest BCUT2D eigenvalue weighted by molar-refractivity contribution is 0.0579. The average Bonchev–Trinajstić information content (AvgIpc) is 3.39. The lowest BCUT2D eigenvalue weighted by Crippen LogP contribution is -2.36. The van der Waals surface area contributed by atoms with E-state index in [0.717, 1.165) is 17.7 Å². The molecule has 2 heterocycles. The molecule has 32 heavy (non-hydrogen) atoms. The quantitative estimate of drug-likeness (QED) is 0.640. The second-order valence-corrected chi connectivity index (χ2v) is 8.57. The molecule has 1 amide bonds. The smallest absolute Gasteiger partial charge is 0.282 e. The van der Waals surface area contributed by atoms with Gasteiger partial charge in [-0.1, -0.05) is 13.0 Å². The Hall–Kier alpha value is -3.04. The molecule has 10 heteroatoms. The molecule has 0 bridgehead atoms. The number of nitrogens with one attached hydrogen (secondary N) is 1. The van der Waals surface area contributed by atoms with E-state index in [-0.39, 0.29) is 25.0 Å². The average molecular weight is 451 g/mol. The fourth-order valence-electron chi connectivity index (χ4n) is 3.88. The third kappa shape index (κ3) is 4.31. The normalized spacial score (nSPS) is 20.1. The molecule has 0 saturated heterocycles. The minimum absolute atomic E-state index is 0. The van der Waals surface area contributed by atoms with E-state index in [0.29, 0.717) is 29.8 Å². The zero-order valence-electron chi connectivity index (χ0n) is 17.9. The van der Waals surface area contributed by atoms with Crippen molar-refractivity contribution < 1.29 is 23.8 Å². The van der Waals surface area contributed by atoms with E-state index in [1.165, 1.54) is 13.1 Å². The standard InChI is InChI=1S/C22H23F4N5O.H2/c1-12-6-13(8-14(7-12)21(2,25)26)19-27-10-15(11-28-19)22(4-5-22)29-20(32)17-9-16(18(23)24)30-31(17)3;/h6,8-12,18H,4-5,7H2,1-3H3,(H,29,32);1H. The Labute approximate surface area is 183 Å². The van der Waals surface area contributed by atoms with Gasteiger partial charge in [0.1, 0.15) is 11.4 Å². The third-order valence-corrected chi connectivity index (χ3v) is 5.82. The van der Waals surface area contributed by atoms with Crippen molar-refractivity contribution in [3.05, 3.63) is 59.0 Å². The number of nitrogens with zero attached hydrogens (tertiary/aromatic N) is 4. The van der Waals surface area contributed by atoms with Crippen LogP contribution in [0.5, 0.6) is 0 Å². The van der Waals surface area contributed by atoms with Crippen molar-refractivity contribution in [2.45, 2.75) is 51.0 Å². The number of carbonyl (C=O) groups excluding carboxylic acids is 1. The first kappa shape index (κ1) is 22.2. The molecule has 0 aliphatic heterocycles. The molecule has 1 unspecified atom stereocenters. The monoisotopic (exact) mass is 451 g/mol. The molecule has 1 atom stereocenters. The maximum Gasteiger partial charge on any atom is 0.282 e. The zero-order chi connectivity index (χ0) is 23.3. The molecule has 2 aliphatic rings.